The first-order valence-corrected chi connectivity index (χ1v) is 19.0. The first kappa shape index (κ1) is 45.1. The highest BCUT2D eigenvalue weighted by Crippen LogP contribution is 2.33. The number of hydrogen-bond donors (Lipinski definition) is 10. The molecule has 3 fully saturated rings. The van der Waals surface area contributed by atoms with Crippen LogP contribution in [0.25, 0.3) is 6.08 Å². The summed E-state index contributed by atoms with van der Waals surface area (Å²) in [5.41, 5.74) is 1.48. The lowest BCUT2D eigenvalue weighted by atomic mass is 9.96. The van der Waals surface area contributed by atoms with Crippen LogP contribution in [0.5, 0.6) is 5.75 Å². The van der Waals surface area contributed by atoms with Gasteiger partial charge in [0.15, 0.2) is 24.7 Å². The van der Waals surface area contributed by atoms with E-state index in [1.54, 1.807) is 30.3 Å². The number of aliphatic hydroxyl groups excluding tert-OH is 10. The van der Waals surface area contributed by atoms with Gasteiger partial charge in [-0.3, -0.25) is 4.79 Å². The predicted octanol–water partition coefficient (Wildman–Crippen LogP) is -2.01. The minimum absolute atomic E-state index is 0.112. The third kappa shape index (κ3) is 11.6. The molecule has 0 bridgehead atoms. The van der Waals surface area contributed by atoms with Crippen LogP contribution in [0.15, 0.2) is 60.7 Å². The lowest BCUT2D eigenvalue weighted by Gasteiger charge is -2.48. The van der Waals surface area contributed by atoms with E-state index in [2.05, 4.69) is 0 Å². The zero-order valence-electron chi connectivity index (χ0n) is 31.1. The Kier molecular flexibility index (Phi) is 17.3. The molecule has 5 rings (SSSR count). The molecule has 3 saturated heterocycles. The summed E-state index contributed by atoms with van der Waals surface area (Å²) in [4.78, 5) is 12.5. The lowest BCUT2D eigenvalue weighted by molar-refractivity contribution is -0.380. The van der Waals surface area contributed by atoms with E-state index < -0.39 is 112 Å². The van der Waals surface area contributed by atoms with E-state index in [0.717, 1.165) is 24.8 Å². The number of aliphatic hydroxyl groups is 10. The molecule has 0 amide bonds. The average molecular weight is 811 g/mol. The fourth-order valence-corrected chi connectivity index (χ4v) is 6.67. The molecule has 3 aliphatic rings. The van der Waals surface area contributed by atoms with Crippen molar-refractivity contribution in [2.24, 2.45) is 0 Å². The van der Waals surface area contributed by atoms with Crippen molar-refractivity contribution in [3.8, 4) is 5.75 Å². The van der Waals surface area contributed by atoms with Gasteiger partial charge in [-0.15, -0.1) is 0 Å². The number of hydrogen-bond acceptors (Lipinski definition) is 18. The normalized spacial score (nSPS) is 36.0. The molecule has 0 saturated carbocycles. The van der Waals surface area contributed by atoms with Gasteiger partial charge >= 0.3 is 0 Å². The molecule has 2 aromatic carbocycles. The van der Waals surface area contributed by atoms with Crippen LogP contribution < -0.4 is 4.74 Å². The number of unbranched alkanes of at least 4 members (excludes halogenated alkanes) is 3. The maximum Gasteiger partial charge on any atom is 0.187 e. The van der Waals surface area contributed by atoms with Crippen LogP contribution in [-0.4, -0.2) is 182 Å². The van der Waals surface area contributed by atoms with Crippen molar-refractivity contribution in [1.82, 2.24) is 0 Å². The van der Waals surface area contributed by atoms with Gasteiger partial charge in [-0.05, 0) is 55.2 Å². The first-order chi connectivity index (χ1) is 27.5. The van der Waals surface area contributed by atoms with E-state index in [4.69, 9.17) is 33.2 Å². The second-order valence-corrected chi connectivity index (χ2v) is 14.1. The third-order valence-electron chi connectivity index (χ3n) is 10.0. The number of carbonyl (C=O) groups excluding carboxylic acids is 1. The first-order valence-electron chi connectivity index (χ1n) is 19.0. The standard InChI is InChI=1S/C39H54O18/c40-18-25-28(44)30(46)32(48)38(53-25)57-36-29(45)26(19-41)54-39(34(36)50)56-35-27(20-42)55-37(33(49)31(35)47)52-17-7-2-1-6-16-51-23-13-11-22(12-14-23)24(43)15-10-21-8-4-3-5-9-21/h3-5,8-15,25-42,44-50H,1-2,6-7,16-20H2/t25-,26-,27-,28+,29+,30+,31-,32-,33-,34-,35-,36+,37-,38-,39+/m1/s1. The molecule has 0 unspecified atom stereocenters. The fourth-order valence-electron chi connectivity index (χ4n) is 6.67. The van der Waals surface area contributed by atoms with Crippen molar-refractivity contribution in [3.05, 3.63) is 71.8 Å². The highest BCUT2D eigenvalue weighted by Gasteiger charge is 2.53. The zero-order chi connectivity index (χ0) is 41.1. The van der Waals surface area contributed by atoms with Crippen LogP contribution >= 0.6 is 0 Å². The molecule has 0 aromatic heterocycles. The summed E-state index contributed by atoms with van der Waals surface area (Å²) >= 11 is 0. The Hall–Kier alpha value is -2.99. The van der Waals surface area contributed by atoms with Crippen molar-refractivity contribution in [2.45, 2.75) is 118 Å². The van der Waals surface area contributed by atoms with Gasteiger partial charge in [-0.25, -0.2) is 0 Å². The Morgan fingerprint density at radius 1 is 0.561 bits per heavy atom. The summed E-state index contributed by atoms with van der Waals surface area (Å²) < 4.78 is 39.3. The molecule has 3 heterocycles. The van der Waals surface area contributed by atoms with Gasteiger partial charge in [0.25, 0.3) is 0 Å². The number of allylic oxidation sites excluding steroid dienone is 1. The van der Waals surface area contributed by atoms with Crippen LogP contribution in [0.2, 0.25) is 0 Å². The van der Waals surface area contributed by atoms with Crippen molar-refractivity contribution < 1.29 is 89.0 Å². The average Bonchev–Trinajstić information content (AvgIpc) is 3.23. The Morgan fingerprint density at radius 2 is 1.12 bits per heavy atom. The number of benzene rings is 2. The van der Waals surface area contributed by atoms with Gasteiger partial charge in [-0.2, -0.15) is 0 Å². The number of rotatable bonds is 19. The van der Waals surface area contributed by atoms with E-state index in [1.807, 2.05) is 30.3 Å². The van der Waals surface area contributed by atoms with Gasteiger partial charge in [0.1, 0.15) is 79.0 Å². The summed E-state index contributed by atoms with van der Waals surface area (Å²) in [6.07, 6.45) is -18.6. The minimum Gasteiger partial charge on any atom is -0.494 e. The Bertz CT molecular complexity index is 1510. The van der Waals surface area contributed by atoms with Crippen molar-refractivity contribution >= 4 is 11.9 Å². The highest BCUT2D eigenvalue weighted by molar-refractivity contribution is 6.06. The summed E-state index contributed by atoms with van der Waals surface area (Å²) in [6.45, 7) is -1.71. The van der Waals surface area contributed by atoms with Crippen molar-refractivity contribution in [2.75, 3.05) is 33.0 Å². The smallest absolute Gasteiger partial charge is 0.187 e. The Morgan fingerprint density at radius 3 is 1.77 bits per heavy atom. The molecular weight excluding hydrogens is 756 g/mol. The van der Waals surface area contributed by atoms with Crippen LogP contribution in [0.4, 0.5) is 0 Å². The van der Waals surface area contributed by atoms with E-state index in [-0.39, 0.29) is 12.4 Å². The molecule has 10 N–H and O–H groups in total. The van der Waals surface area contributed by atoms with E-state index >= 15 is 0 Å². The second kappa shape index (κ2) is 21.9. The number of ketones is 1. The summed E-state index contributed by atoms with van der Waals surface area (Å²) in [6, 6.07) is 16.5. The molecule has 0 radical (unpaired) electrons. The van der Waals surface area contributed by atoms with Crippen LogP contribution in [0.3, 0.4) is 0 Å². The SMILES string of the molecule is O=C(C=Cc1ccccc1)c1ccc(OCCCCCCO[C@@H]2O[C@H](CO)[C@@H](O[C@@H]3O[C@H](CO)[C@H](O)[C@H](O[C@H]4O[C@H](CO)[C@H](O)[C@H](O)[C@H]4O)[C@H]3O)[C@H](O)[C@H]2O)cc1. The van der Waals surface area contributed by atoms with Crippen LogP contribution in [-0.2, 0) is 28.4 Å². The van der Waals surface area contributed by atoms with Gasteiger partial charge in [0.05, 0.1) is 26.4 Å². The Balaban J connectivity index is 1.03. The lowest BCUT2D eigenvalue weighted by Crippen LogP contribution is -2.66. The van der Waals surface area contributed by atoms with Crippen LogP contribution in [0, 0.1) is 0 Å². The van der Waals surface area contributed by atoms with Crippen molar-refractivity contribution in [1.29, 1.82) is 0 Å². The number of ether oxygens (including phenoxy) is 7. The monoisotopic (exact) mass is 810 g/mol. The molecule has 2 aromatic rings. The van der Waals surface area contributed by atoms with Gasteiger partial charge in [0, 0.05) is 12.2 Å². The van der Waals surface area contributed by atoms with Crippen molar-refractivity contribution in [3.63, 3.8) is 0 Å². The van der Waals surface area contributed by atoms with E-state index in [0.29, 0.717) is 24.3 Å². The summed E-state index contributed by atoms with van der Waals surface area (Å²) in [5.74, 6) is 0.528. The zero-order valence-corrected chi connectivity index (χ0v) is 31.1. The molecule has 18 heteroatoms. The van der Waals surface area contributed by atoms with Gasteiger partial charge in [0.2, 0.25) is 0 Å². The topological polar surface area (TPSA) is 284 Å². The fraction of sp³-hybridized carbons (Fsp3) is 0.615. The summed E-state index contributed by atoms with van der Waals surface area (Å²) in [5, 5.41) is 104. The highest BCUT2D eigenvalue weighted by atomic mass is 16.8. The van der Waals surface area contributed by atoms with E-state index in [9.17, 15) is 55.9 Å². The van der Waals surface area contributed by atoms with E-state index in [1.165, 1.54) is 6.08 Å². The largest absolute Gasteiger partial charge is 0.494 e. The minimum atomic E-state index is -1.91. The van der Waals surface area contributed by atoms with Crippen LogP contribution in [0.1, 0.15) is 41.6 Å². The molecule has 3 aliphatic heterocycles. The number of carbonyl (C=O) groups is 1. The van der Waals surface area contributed by atoms with Gasteiger partial charge in [-0.1, -0.05) is 42.8 Å². The molecule has 18 nitrogen and oxygen atoms in total. The van der Waals surface area contributed by atoms with Gasteiger partial charge < -0.3 is 84.2 Å². The summed E-state index contributed by atoms with van der Waals surface area (Å²) in [7, 11) is 0. The molecule has 0 aliphatic carbocycles. The quantitative estimate of drug-likeness (QED) is 0.0417. The maximum absolute atomic E-state index is 12.5. The maximum atomic E-state index is 12.5. The molecule has 318 valence electrons. The predicted molar refractivity (Wildman–Crippen MR) is 195 cm³/mol. The molecule has 15 atom stereocenters. The molecule has 57 heavy (non-hydrogen) atoms. The third-order valence-corrected chi connectivity index (χ3v) is 10.0. The molecule has 0 spiro atoms. The Labute approximate surface area is 329 Å². The molecular formula is C39H54O18. The second-order valence-electron chi connectivity index (χ2n) is 14.1.